The van der Waals surface area contributed by atoms with Gasteiger partial charge in [-0.25, -0.2) is 0 Å². The highest BCUT2D eigenvalue weighted by molar-refractivity contribution is 5.93. The van der Waals surface area contributed by atoms with Gasteiger partial charge >= 0.3 is 0 Å². The van der Waals surface area contributed by atoms with Crippen molar-refractivity contribution in [3.63, 3.8) is 0 Å². The minimum atomic E-state index is -0.122. The van der Waals surface area contributed by atoms with Gasteiger partial charge in [-0.2, -0.15) is 0 Å². The van der Waals surface area contributed by atoms with Crippen molar-refractivity contribution in [2.45, 2.75) is 0 Å². The molecule has 1 amide bonds. The molecule has 0 saturated heterocycles. The summed E-state index contributed by atoms with van der Waals surface area (Å²) in [6.45, 7) is 0. The van der Waals surface area contributed by atoms with Crippen molar-refractivity contribution in [3.8, 4) is 0 Å². The van der Waals surface area contributed by atoms with Gasteiger partial charge < -0.3 is 9.73 Å². The Hall–Kier alpha value is -0.670. The number of furan rings is 1. The van der Waals surface area contributed by atoms with Crippen molar-refractivity contribution in [2.75, 3.05) is 7.05 Å². The Bertz CT molecular complexity index is 198. The van der Waals surface area contributed by atoms with Crippen LogP contribution in [0, 0.1) is 0 Å². The second kappa shape index (κ2) is 6.07. The molecule has 1 aromatic rings. The zero-order chi connectivity index (χ0) is 6.69. The van der Waals surface area contributed by atoms with E-state index in [1.54, 1.807) is 13.1 Å². The molecule has 3 nitrogen and oxygen atoms in total. The first kappa shape index (κ1) is 13.0. The number of amides is 1. The van der Waals surface area contributed by atoms with Crippen molar-refractivity contribution < 1.29 is 9.21 Å². The summed E-state index contributed by atoms with van der Waals surface area (Å²) in [5.74, 6) is -0.122. The van der Waals surface area contributed by atoms with Crippen molar-refractivity contribution in [1.82, 2.24) is 5.32 Å². The molecule has 0 atom stereocenters. The number of halogens is 2. The van der Waals surface area contributed by atoms with Gasteiger partial charge in [0.15, 0.2) is 0 Å². The van der Waals surface area contributed by atoms with Crippen LogP contribution in [0.1, 0.15) is 10.4 Å². The largest absolute Gasteiger partial charge is 0.472 e. The van der Waals surface area contributed by atoms with Gasteiger partial charge in [0.1, 0.15) is 6.26 Å². The van der Waals surface area contributed by atoms with Crippen LogP contribution < -0.4 is 5.32 Å². The number of carbonyl (C=O) groups is 1. The molecule has 1 N–H and O–H groups in total. The topological polar surface area (TPSA) is 42.2 Å². The molecule has 0 aromatic carbocycles. The molecular weight excluding hydrogens is 189 g/mol. The fourth-order valence-corrected chi connectivity index (χ4v) is 0.538. The second-order valence-corrected chi connectivity index (χ2v) is 1.59. The average molecular weight is 198 g/mol. The molecule has 0 saturated carbocycles. The molecular formula is C6H9Cl2NO2. The Morgan fingerprint density at radius 3 is 2.55 bits per heavy atom. The lowest BCUT2D eigenvalue weighted by Crippen LogP contribution is -2.16. The van der Waals surface area contributed by atoms with Gasteiger partial charge in [0.05, 0.1) is 11.8 Å². The van der Waals surface area contributed by atoms with Crippen LogP contribution in [-0.4, -0.2) is 13.0 Å². The Morgan fingerprint density at radius 2 is 2.18 bits per heavy atom. The van der Waals surface area contributed by atoms with Crippen molar-refractivity contribution >= 4 is 30.7 Å². The summed E-state index contributed by atoms with van der Waals surface area (Å²) in [6, 6.07) is 1.61. The van der Waals surface area contributed by atoms with Crippen LogP contribution in [-0.2, 0) is 0 Å². The van der Waals surface area contributed by atoms with Gasteiger partial charge in [0, 0.05) is 7.05 Å². The molecule has 0 fully saturated rings. The highest BCUT2D eigenvalue weighted by atomic mass is 35.5. The normalized spacial score (nSPS) is 7.36. The Morgan fingerprint density at radius 1 is 1.55 bits per heavy atom. The van der Waals surface area contributed by atoms with Crippen molar-refractivity contribution in [3.05, 3.63) is 24.2 Å². The molecule has 1 rings (SSSR count). The standard InChI is InChI=1S/C6H7NO2.2ClH/c1-7-6(8)5-2-3-9-4-5;;/h2-4H,1H3,(H,7,8);2*1H. The van der Waals surface area contributed by atoms with Crippen molar-refractivity contribution in [2.24, 2.45) is 0 Å². The number of carbonyl (C=O) groups excluding carboxylic acids is 1. The Balaban J connectivity index is 0. The number of nitrogens with one attached hydrogen (secondary N) is 1. The van der Waals surface area contributed by atoms with Crippen LogP contribution in [0.15, 0.2) is 23.0 Å². The maximum atomic E-state index is 10.7. The average Bonchev–Trinajstić information content (AvgIpc) is 2.37. The van der Waals surface area contributed by atoms with Gasteiger partial charge in [0.2, 0.25) is 0 Å². The lowest BCUT2D eigenvalue weighted by atomic mass is 10.3. The van der Waals surface area contributed by atoms with Crippen LogP contribution in [0.25, 0.3) is 0 Å². The van der Waals surface area contributed by atoms with E-state index in [1.165, 1.54) is 12.5 Å². The number of rotatable bonds is 1. The Kier molecular flexibility index (Phi) is 7.15. The molecule has 0 aliphatic rings. The van der Waals surface area contributed by atoms with Gasteiger partial charge in [-0.15, -0.1) is 24.8 Å². The third kappa shape index (κ3) is 3.30. The van der Waals surface area contributed by atoms with E-state index in [2.05, 4.69) is 9.73 Å². The van der Waals surface area contributed by atoms with Crippen LogP contribution in [0.5, 0.6) is 0 Å². The zero-order valence-corrected chi connectivity index (χ0v) is 7.50. The fraction of sp³-hybridized carbons (Fsp3) is 0.167. The molecule has 5 heteroatoms. The van der Waals surface area contributed by atoms with Gasteiger partial charge in [-0.05, 0) is 6.07 Å². The summed E-state index contributed by atoms with van der Waals surface area (Å²) in [5.41, 5.74) is 0.553. The lowest BCUT2D eigenvalue weighted by Gasteiger charge is -1.89. The quantitative estimate of drug-likeness (QED) is 0.742. The van der Waals surface area contributed by atoms with E-state index in [1.807, 2.05) is 0 Å². The first-order chi connectivity index (χ1) is 4.34. The number of hydrogen-bond donors (Lipinski definition) is 1. The SMILES string of the molecule is CNC(=O)c1ccoc1.Cl.Cl. The molecule has 64 valence electrons. The molecule has 0 bridgehead atoms. The monoisotopic (exact) mass is 197 g/mol. The summed E-state index contributed by atoms with van der Waals surface area (Å²) in [4.78, 5) is 10.7. The summed E-state index contributed by atoms with van der Waals surface area (Å²) in [5, 5.41) is 2.47. The second-order valence-electron chi connectivity index (χ2n) is 1.59. The van der Waals surface area contributed by atoms with E-state index in [9.17, 15) is 4.79 Å². The molecule has 1 heterocycles. The molecule has 11 heavy (non-hydrogen) atoms. The molecule has 1 aromatic heterocycles. The third-order valence-corrected chi connectivity index (χ3v) is 1.01. The minimum absolute atomic E-state index is 0. The summed E-state index contributed by atoms with van der Waals surface area (Å²) < 4.78 is 4.68. The van der Waals surface area contributed by atoms with Gasteiger partial charge in [-0.1, -0.05) is 0 Å². The highest BCUT2D eigenvalue weighted by Crippen LogP contribution is 1.97. The molecule has 0 aliphatic heterocycles. The van der Waals surface area contributed by atoms with Crippen molar-refractivity contribution in [1.29, 1.82) is 0 Å². The molecule has 0 spiro atoms. The van der Waals surface area contributed by atoms with E-state index < -0.39 is 0 Å². The summed E-state index contributed by atoms with van der Waals surface area (Å²) in [6.07, 6.45) is 2.86. The van der Waals surface area contributed by atoms with E-state index in [0.717, 1.165) is 0 Å². The van der Waals surface area contributed by atoms with Crippen LogP contribution in [0.3, 0.4) is 0 Å². The summed E-state index contributed by atoms with van der Waals surface area (Å²) >= 11 is 0. The molecule has 0 unspecified atom stereocenters. The maximum absolute atomic E-state index is 10.7. The lowest BCUT2D eigenvalue weighted by molar-refractivity contribution is 0.0962. The van der Waals surface area contributed by atoms with E-state index in [-0.39, 0.29) is 30.7 Å². The van der Waals surface area contributed by atoms with Crippen LogP contribution >= 0.6 is 24.8 Å². The van der Waals surface area contributed by atoms with Crippen LogP contribution in [0.2, 0.25) is 0 Å². The van der Waals surface area contributed by atoms with E-state index >= 15 is 0 Å². The summed E-state index contributed by atoms with van der Waals surface area (Å²) in [7, 11) is 1.58. The zero-order valence-electron chi connectivity index (χ0n) is 5.87. The molecule has 0 radical (unpaired) electrons. The van der Waals surface area contributed by atoms with E-state index in [4.69, 9.17) is 0 Å². The first-order valence-corrected chi connectivity index (χ1v) is 2.59. The predicted molar refractivity (Wildman–Crippen MR) is 46.6 cm³/mol. The van der Waals surface area contributed by atoms with Gasteiger partial charge in [0.25, 0.3) is 5.91 Å². The Labute approximate surface area is 77.0 Å². The number of hydrogen-bond acceptors (Lipinski definition) is 2. The maximum Gasteiger partial charge on any atom is 0.254 e. The predicted octanol–water partition coefficient (Wildman–Crippen LogP) is 1.48. The smallest absolute Gasteiger partial charge is 0.254 e. The van der Waals surface area contributed by atoms with Crippen LogP contribution in [0.4, 0.5) is 0 Å². The highest BCUT2D eigenvalue weighted by Gasteiger charge is 2.01. The molecule has 0 aliphatic carbocycles. The van der Waals surface area contributed by atoms with Gasteiger partial charge in [-0.3, -0.25) is 4.79 Å². The minimum Gasteiger partial charge on any atom is -0.472 e. The third-order valence-electron chi connectivity index (χ3n) is 1.01. The first-order valence-electron chi connectivity index (χ1n) is 2.59. The fourth-order valence-electron chi connectivity index (χ4n) is 0.538. The van der Waals surface area contributed by atoms with E-state index in [0.29, 0.717) is 5.56 Å².